The summed E-state index contributed by atoms with van der Waals surface area (Å²) in [5.41, 5.74) is 3.34. The molecule has 2 aromatic rings. The molecule has 0 amide bonds. The monoisotopic (exact) mass is 346 g/mol. The molecule has 5 nitrogen and oxygen atoms in total. The predicted molar refractivity (Wildman–Crippen MR) is 97.0 cm³/mol. The molecule has 0 aliphatic heterocycles. The van der Waals surface area contributed by atoms with Crippen molar-refractivity contribution in [3.63, 3.8) is 0 Å². The fourth-order valence-electron chi connectivity index (χ4n) is 2.18. The van der Waals surface area contributed by atoms with E-state index >= 15 is 0 Å². The minimum Gasteiger partial charge on any atom is -0.305 e. The number of hydrogen-bond acceptors (Lipinski definition) is 5. The van der Waals surface area contributed by atoms with Gasteiger partial charge in [-0.2, -0.15) is 5.11 Å². The summed E-state index contributed by atoms with van der Waals surface area (Å²) in [5.74, 6) is 0. The summed E-state index contributed by atoms with van der Waals surface area (Å²) < 4.78 is 24.0. The summed E-state index contributed by atoms with van der Waals surface area (Å²) >= 11 is 0. The van der Waals surface area contributed by atoms with Crippen molar-refractivity contribution in [3.8, 4) is 0 Å². The van der Waals surface area contributed by atoms with E-state index in [4.69, 9.17) is 9.05 Å². The Bertz CT molecular complexity index is 747. The molecule has 2 rings (SSSR count). The number of hydrogen-bond donors (Lipinski definition) is 0. The average molecular weight is 346 g/mol. The van der Waals surface area contributed by atoms with Gasteiger partial charge in [-0.25, -0.2) is 0 Å². The van der Waals surface area contributed by atoms with Gasteiger partial charge in [-0.1, -0.05) is 29.3 Å². The normalized spacial score (nSPS) is 12.0. The van der Waals surface area contributed by atoms with E-state index in [0.29, 0.717) is 24.2 Å². The maximum Gasteiger partial charge on any atom is 0.363 e. The van der Waals surface area contributed by atoms with Crippen LogP contribution in [0.3, 0.4) is 0 Å². The van der Waals surface area contributed by atoms with E-state index < -0.39 is 7.60 Å². The van der Waals surface area contributed by atoms with Crippen LogP contribution in [0.4, 0.5) is 11.4 Å². The second kappa shape index (κ2) is 8.34. The molecule has 0 saturated heterocycles. The van der Waals surface area contributed by atoms with Crippen LogP contribution >= 0.6 is 7.60 Å². The number of azo groups is 1. The van der Waals surface area contributed by atoms with E-state index in [1.807, 2.05) is 44.2 Å². The van der Waals surface area contributed by atoms with Crippen LogP contribution in [0, 0.1) is 13.8 Å². The van der Waals surface area contributed by atoms with Crippen LogP contribution in [0.1, 0.15) is 25.0 Å². The Balaban J connectivity index is 2.43. The van der Waals surface area contributed by atoms with Gasteiger partial charge in [0.1, 0.15) is 5.69 Å². The third-order valence-corrected chi connectivity index (χ3v) is 5.48. The quantitative estimate of drug-likeness (QED) is 0.483. The molecule has 0 aromatic heterocycles. The third-order valence-electron chi connectivity index (χ3n) is 3.33. The van der Waals surface area contributed by atoms with E-state index in [2.05, 4.69) is 10.2 Å². The van der Waals surface area contributed by atoms with Crippen molar-refractivity contribution in [1.82, 2.24) is 0 Å². The molecule has 128 valence electrons. The molecule has 0 heterocycles. The Kier molecular flexibility index (Phi) is 6.44. The number of nitrogens with zero attached hydrogens (tertiary/aromatic N) is 2. The van der Waals surface area contributed by atoms with E-state index in [0.717, 1.165) is 16.8 Å². The molecule has 2 aromatic carbocycles. The minimum atomic E-state index is -3.42. The molecule has 0 radical (unpaired) electrons. The van der Waals surface area contributed by atoms with Crippen LogP contribution in [0.5, 0.6) is 0 Å². The van der Waals surface area contributed by atoms with E-state index in [1.54, 1.807) is 26.0 Å². The minimum absolute atomic E-state index is 0.291. The standard InChI is InChI=1S/C18H23N2O3P/c1-5-22-24(21,23-6-2)18-13-15(4)9-12-17(18)20-19-16-10-7-14(3)8-11-16/h7-13H,5-6H2,1-4H3. The summed E-state index contributed by atoms with van der Waals surface area (Å²) in [6, 6.07) is 13.2. The number of rotatable bonds is 7. The smallest absolute Gasteiger partial charge is 0.305 e. The SMILES string of the molecule is CCOP(=O)(OCC)c1cc(C)ccc1N=Nc1ccc(C)cc1. The van der Waals surface area contributed by atoms with Gasteiger partial charge >= 0.3 is 7.60 Å². The third kappa shape index (κ3) is 4.60. The van der Waals surface area contributed by atoms with Gasteiger partial charge in [0.25, 0.3) is 0 Å². The predicted octanol–water partition coefficient (Wildman–Crippen LogP) is 5.61. The summed E-state index contributed by atoms with van der Waals surface area (Å²) in [6.45, 7) is 8.09. The molecule has 0 N–H and O–H groups in total. The molecule has 0 aliphatic carbocycles. The number of aryl methyl sites for hydroxylation is 2. The average Bonchev–Trinajstić information content (AvgIpc) is 2.55. The summed E-state index contributed by atoms with van der Waals surface area (Å²) in [7, 11) is -3.42. The van der Waals surface area contributed by atoms with Crippen LogP contribution in [0.2, 0.25) is 0 Å². The van der Waals surface area contributed by atoms with Crippen LogP contribution in [0.15, 0.2) is 52.7 Å². The molecule has 0 bridgehead atoms. The zero-order valence-corrected chi connectivity index (χ0v) is 15.4. The van der Waals surface area contributed by atoms with Crippen LogP contribution in [-0.4, -0.2) is 13.2 Å². The van der Waals surface area contributed by atoms with Gasteiger partial charge in [-0.15, -0.1) is 5.11 Å². The lowest BCUT2D eigenvalue weighted by Gasteiger charge is -2.18. The zero-order chi connectivity index (χ0) is 17.6. The maximum absolute atomic E-state index is 13.1. The molecule has 24 heavy (non-hydrogen) atoms. The lowest BCUT2D eigenvalue weighted by molar-refractivity contribution is 0.230. The van der Waals surface area contributed by atoms with Gasteiger partial charge in [0.05, 0.1) is 24.2 Å². The highest BCUT2D eigenvalue weighted by Crippen LogP contribution is 2.49. The van der Waals surface area contributed by atoms with E-state index in [-0.39, 0.29) is 0 Å². The Morgan fingerprint density at radius 2 is 1.46 bits per heavy atom. The van der Waals surface area contributed by atoms with Gasteiger partial charge in [0.15, 0.2) is 0 Å². The van der Waals surface area contributed by atoms with Gasteiger partial charge in [-0.3, -0.25) is 4.57 Å². The second-order valence-corrected chi connectivity index (χ2v) is 7.35. The molecule has 0 aliphatic rings. The lowest BCUT2D eigenvalue weighted by atomic mass is 10.2. The second-order valence-electron chi connectivity index (χ2n) is 5.36. The first-order valence-corrected chi connectivity index (χ1v) is 9.51. The molecular weight excluding hydrogens is 323 g/mol. The van der Waals surface area contributed by atoms with Crippen molar-refractivity contribution in [2.75, 3.05) is 13.2 Å². The highest BCUT2D eigenvalue weighted by Gasteiger charge is 2.30. The van der Waals surface area contributed by atoms with Crippen molar-refractivity contribution in [2.45, 2.75) is 27.7 Å². The van der Waals surface area contributed by atoms with Gasteiger partial charge in [0, 0.05) is 0 Å². The first kappa shape index (κ1) is 18.5. The van der Waals surface area contributed by atoms with Gasteiger partial charge < -0.3 is 9.05 Å². The summed E-state index contributed by atoms with van der Waals surface area (Å²) in [5, 5.41) is 8.95. The number of benzene rings is 2. The van der Waals surface area contributed by atoms with Gasteiger partial charge in [0.2, 0.25) is 0 Å². The molecule has 0 saturated carbocycles. The molecular formula is C18H23N2O3P. The van der Waals surface area contributed by atoms with Crippen molar-refractivity contribution >= 4 is 24.3 Å². The molecule has 6 heteroatoms. The molecule has 0 unspecified atom stereocenters. The largest absolute Gasteiger partial charge is 0.363 e. The van der Waals surface area contributed by atoms with Crippen LogP contribution in [0.25, 0.3) is 0 Å². The highest BCUT2D eigenvalue weighted by atomic mass is 31.2. The van der Waals surface area contributed by atoms with E-state index in [9.17, 15) is 4.57 Å². The van der Waals surface area contributed by atoms with Crippen molar-refractivity contribution in [2.24, 2.45) is 10.2 Å². The lowest BCUT2D eigenvalue weighted by Crippen LogP contribution is -2.11. The topological polar surface area (TPSA) is 60.2 Å². The Labute approximate surface area is 143 Å². The zero-order valence-electron chi connectivity index (χ0n) is 14.5. The van der Waals surface area contributed by atoms with Gasteiger partial charge in [-0.05, 0) is 52.0 Å². The van der Waals surface area contributed by atoms with Crippen molar-refractivity contribution < 1.29 is 13.6 Å². The van der Waals surface area contributed by atoms with Crippen LogP contribution < -0.4 is 5.30 Å². The highest BCUT2D eigenvalue weighted by molar-refractivity contribution is 7.62. The van der Waals surface area contributed by atoms with Crippen molar-refractivity contribution in [3.05, 3.63) is 53.6 Å². The Morgan fingerprint density at radius 1 is 0.875 bits per heavy atom. The maximum atomic E-state index is 13.1. The molecule has 0 atom stereocenters. The van der Waals surface area contributed by atoms with E-state index in [1.165, 1.54) is 0 Å². The van der Waals surface area contributed by atoms with Crippen molar-refractivity contribution in [1.29, 1.82) is 0 Å². The fraction of sp³-hybridized carbons (Fsp3) is 0.333. The summed E-state index contributed by atoms with van der Waals surface area (Å²) in [4.78, 5) is 0. The first-order valence-electron chi connectivity index (χ1n) is 7.97. The first-order chi connectivity index (χ1) is 11.5. The Hall–Kier alpha value is -1.81. The Morgan fingerprint density at radius 3 is 2.04 bits per heavy atom. The fourth-order valence-corrected chi connectivity index (χ4v) is 3.97. The molecule has 0 fully saturated rings. The molecule has 0 spiro atoms. The van der Waals surface area contributed by atoms with Crippen LogP contribution in [-0.2, 0) is 13.6 Å². The summed E-state index contributed by atoms with van der Waals surface area (Å²) in [6.07, 6.45) is 0.